The fourth-order valence-corrected chi connectivity index (χ4v) is 1.72. The minimum atomic E-state index is -0.476. The Morgan fingerprint density at radius 3 is 2.65 bits per heavy atom. The number of ether oxygens (including phenoxy) is 1. The van der Waals surface area contributed by atoms with Crippen molar-refractivity contribution in [3.8, 4) is 6.07 Å². The van der Waals surface area contributed by atoms with Gasteiger partial charge in [0, 0.05) is 5.56 Å². The number of esters is 1. The average Bonchev–Trinajstić information content (AvgIpc) is 2.31. The molecule has 3 nitrogen and oxygen atoms in total. The normalized spacial score (nSPS) is 9.76. The largest absolute Gasteiger partial charge is 0.466 e. The van der Waals surface area contributed by atoms with Gasteiger partial charge < -0.3 is 4.74 Å². The maximum Gasteiger partial charge on any atom is 0.310 e. The molecule has 0 fully saturated rings. The molecule has 0 aliphatic carbocycles. The van der Waals surface area contributed by atoms with Crippen LogP contribution in [0.2, 0.25) is 0 Å². The number of hydrogen-bond donors (Lipinski definition) is 0. The highest BCUT2D eigenvalue weighted by molar-refractivity contribution is 5.73. The average molecular weight is 235 g/mol. The lowest BCUT2D eigenvalue weighted by Gasteiger charge is -2.10. The van der Waals surface area contributed by atoms with Gasteiger partial charge in [-0.1, -0.05) is 6.92 Å². The molecule has 1 aromatic carbocycles. The van der Waals surface area contributed by atoms with Crippen LogP contribution in [0.1, 0.15) is 30.5 Å². The lowest BCUT2D eigenvalue weighted by Crippen LogP contribution is -2.11. The third-order valence-corrected chi connectivity index (χ3v) is 2.47. The van der Waals surface area contributed by atoms with Crippen molar-refractivity contribution in [2.24, 2.45) is 0 Å². The number of benzene rings is 1. The molecule has 90 valence electrons. The predicted octanol–water partition coefficient (Wildman–Crippen LogP) is 2.37. The van der Waals surface area contributed by atoms with Gasteiger partial charge in [0.15, 0.2) is 0 Å². The lowest BCUT2D eigenvalue weighted by atomic mass is 9.97. The maximum absolute atomic E-state index is 13.6. The van der Waals surface area contributed by atoms with Crippen LogP contribution in [0.25, 0.3) is 0 Å². The van der Waals surface area contributed by atoms with Crippen LogP contribution in [0.4, 0.5) is 4.39 Å². The van der Waals surface area contributed by atoms with Crippen LogP contribution in [-0.4, -0.2) is 12.6 Å². The molecule has 17 heavy (non-hydrogen) atoms. The third kappa shape index (κ3) is 3.04. The standard InChI is InChI=1S/C13H14FNO2/c1-3-10-9(8-15)5-6-12(14)11(10)7-13(16)17-4-2/h5-6H,3-4,7H2,1-2H3. The van der Waals surface area contributed by atoms with Crippen molar-refractivity contribution < 1.29 is 13.9 Å². The Hall–Kier alpha value is -1.89. The van der Waals surface area contributed by atoms with Crippen molar-refractivity contribution in [3.05, 3.63) is 34.6 Å². The van der Waals surface area contributed by atoms with E-state index in [9.17, 15) is 9.18 Å². The number of halogens is 1. The summed E-state index contributed by atoms with van der Waals surface area (Å²) in [5.74, 6) is -0.940. The fourth-order valence-electron chi connectivity index (χ4n) is 1.72. The molecule has 0 bridgehead atoms. The van der Waals surface area contributed by atoms with Crippen LogP contribution in [-0.2, 0) is 22.4 Å². The van der Waals surface area contributed by atoms with Crippen LogP contribution in [0.3, 0.4) is 0 Å². The molecule has 0 heterocycles. The molecule has 0 amide bonds. The Kier molecular flexibility index (Phi) is 4.65. The molecule has 0 unspecified atom stereocenters. The van der Waals surface area contributed by atoms with E-state index in [0.717, 1.165) is 0 Å². The van der Waals surface area contributed by atoms with Crippen LogP contribution in [0.5, 0.6) is 0 Å². The van der Waals surface area contributed by atoms with Crippen LogP contribution < -0.4 is 0 Å². The van der Waals surface area contributed by atoms with Crippen molar-refractivity contribution in [1.29, 1.82) is 5.26 Å². The smallest absolute Gasteiger partial charge is 0.310 e. The Bertz CT molecular complexity index is 463. The van der Waals surface area contributed by atoms with Crippen LogP contribution in [0.15, 0.2) is 12.1 Å². The number of nitriles is 1. The van der Waals surface area contributed by atoms with E-state index in [2.05, 4.69) is 0 Å². The zero-order valence-corrected chi connectivity index (χ0v) is 9.92. The number of hydrogen-bond acceptors (Lipinski definition) is 3. The second kappa shape index (κ2) is 6.00. The van der Waals surface area contributed by atoms with Gasteiger partial charge in [-0.15, -0.1) is 0 Å². The summed E-state index contributed by atoms with van der Waals surface area (Å²) in [5, 5.41) is 8.91. The molecule has 0 N–H and O–H groups in total. The summed E-state index contributed by atoms with van der Waals surface area (Å²) in [4.78, 5) is 11.4. The summed E-state index contributed by atoms with van der Waals surface area (Å²) in [6.07, 6.45) is 0.383. The monoisotopic (exact) mass is 235 g/mol. The first-order chi connectivity index (χ1) is 8.13. The van der Waals surface area contributed by atoms with E-state index in [-0.39, 0.29) is 18.6 Å². The molecule has 0 saturated carbocycles. The molecule has 0 saturated heterocycles. The Balaban J connectivity index is 3.13. The van der Waals surface area contributed by atoms with Gasteiger partial charge in [0.25, 0.3) is 0 Å². The van der Waals surface area contributed by atoms with Gasteiger partial charge in [-0.2, -0.15) is 5.26 Å². The van der Waals surface area contributed by atoms with E-state index >= 15 is 0 Å². The first-order valence-corrected chi connectivity index (χ1v) is 5.50. The van der Waals surface area contributed by atoms with E-state index in [1.54, 1.807) is 6.92 Å². The number of carbonyl (C=O) groups excluding carboxylic acids is 1. The maximum atomic E-state index is 13.6. The van der Waals surface area contributed by atoms with Crippen LogP contribution >= 0.6 is 0 Å². The summed E-state index contributed by atoms with van der Waals surface area (Å²) >= 11 is 0. The van der Waals surface area contributed by atoms with Gasteiger partial charge in [0.1, 0.15) is 5.82 Å². The zero-order chi connectivity index (χ0) is 12.8. The summed E-state index contributed by atoms with van der Waals surface area (Å²) in [6, 6.07) is 4.65. The van der Waals surface area contributed by atoms with Gasteiger partial charge >= 0.3 is 5.97 Å². The minimum absolute atomic E-state index is 0.127. The van der Waals surface area contributed by atoms with Gasteiger partial charge in [0.05, 0.1) is 24.7 Å². The summed E-state index contributed by atoms with van der Waals surface area (Å²) in [5.41, 5.74) is 1.26. The quantitative estimate of drug-likeness (QED) is 0.753. The number of nitrogens with zero attached hydrogens (tertiary/aromatic N) is 1. The predicted molar refractivity (Wildman–Crippen MR) is 60.8 cm³/mol. The Labute approximate surface area is 99.8 Å². The molecule has 0 aliphatic heterocycles. The summed E-state index contributed by atoms with van der Waals surface area (Å²) in [6.45, 7) is 3.78. The van der Waals surface area contributed by atoms with E-state index in [4.69, 9.17) is 10.00 Å². The van der Waals surface area contributed by atoms with Crippen molar-refractivity contribution >= 4 is 5.97 Å². The van der Waals surface area contributed by atoms with E-state index in [0.29, 0.717) is 17.5 Å². The minimum Gasteiger partial charge on any atom is -0.466 e. The first kappa shape index (κ1) is 13.2. The molecule has 1 rings (SSSR count). The van der Waals surface area contributed by atoms with Gasteiger partial charge in [-0.3, -0.25) is 4.79 Å². The number of rotatable bonds is 4. The molecule has 4 heteroatoms. The van der Waals surface area contributed by atoms with E-state index in [1.807, 2.05) is 13.0 Å². The van der Waals surface area contributed by atoms with Gasteiger partial charge in [0.2, 0.25) is 0 Å². The molecule has 0 spiro atoms. The third-order valence-electron chi connectivity index (χ3n) is 2.47. The molecular formula is C13H14FNO2. The second-order valence-electron chi connectivity index (χ2n) is 3.50. The molecular weight excluding hydrogens is 221 g/mol. The second-order valence-corrected chi connectivity index (χ2v) is 3.50. The molecule has 0 atom stereocenters. The topological polar surface area (TPSA) is 50.1 Å². The highest BCUT2D eigenvalue weighted by Gasteiger charge is 2.15. The lowest BCUT2D eigenvalue weighted by molar-refractivity contribution is -0.142. The first-order valence-electron chi connectivity index (χ1n) is 5.50. The van der Waals surface area contributed by atoms with E-state index in [1.165, 1.54) is 12.1 Å². The molecule has 0 aliphatic rings. The molecule has 0 aromatic heterocycles. The fraction of sp³-hybridized carbons (Fsp3) is 0.385. The van der Waals surface area contributed by atoms with Crippen molar-refractivity contribution in [1.82, 2.24) is 0 Å². The van der Waals surface area contributed by atoms with Crippen molar-refractivity contribution in [3.63, 3.8) is 0 Å². The Morgan fingerprint density at radius 1 is 1.41 bits per heavy atom. The summed E-state index contributed by atoms with van der Waals surface area (Å²) < 4.78 is 18.4. The van der Waals surface area contributed by atoms with Gasteiger partial charge in [-0.25, -0.2) is 4.39 Å². The Morgan fingerprint density at radius 2 is 2.12 bits per heavy atom. The van der Waals surface area contributed by atoms with Crippen molar-refractivity contribution in [2.75, 3.05) is 6.61 Å². The van der Waals surface area contributed by atoms with Gasteiger partial charge in [-0.05, 0) is 31.0 Å². The highest BCUT2D eigenvalue weighted by atomic mass is 19.1. The number of carbonyl (C=O) groups is 1. The van der Waals surface area contributed by atoms with Crippen molar-refractivity contribution in [2.45, 2.75) is 26.7 Å². The van der Waals surface area contributed by atoms with Crippen LogP contribution in [0, 0.1) is 17.1 Å². The zero-order valence-electron chi connectivity index (χ0n) is 9.92. The summed E-state index contributed by atoms with van der Waals surface area (Å²) in [7, 11) is 0. The SMILES string of the molecule is CCOC(=O)Cc1c(F)ccc(C#N)c1CC. The molecule has 0 radical (unpaired) electrons. The van der Waals surface area contributed by atoms with E-state index < -0.39 is 11.8 Å². The molecule has 1 aromatic rings. The highest BCUT2D eigenvalue weighted by Crippen LogP contribution is 2.19.